The van der Waals surface area contributed by atoms with Crippen LogP contribution in [0.5, 0.6) is 0 Å². The normalized spacial score (nSPS) is 10.1. The number of aliphatic hydroxyl groups is 1. The second-order valence-corrected chi connectivity index (χ2v) is 2.42. The summed E-state index contributed by atoms with van der Waals surface area (Å²) in [4.78, 5) is 30.0. The molecule has 0 bridgehead atoms. The Bertz CT molecular complexity index is 233. The van der Waals surface area contributed by atoms with Gasteiger partial charge in [-0.15, -0.1) is 0 Å². The van der Waals surface area contributed by atoms with Crippen LogP contribution in [0.1, 0.15) is 12.8 Å². The summed E-state index contributed by atoms with van der Waals surface area (Å²) < 4.78 is 0. The molecule has 0 rings (SSSR count). The van der Waals surface area contributed by atoms with E-state index in [1.54, 1.807) is 0 Å². The third-order valence-corrected chi connectivity index (χ3v) is 1.25. The number of carbonyl (C=O) groups is 3. The van der Waals surface area contributed by atoms with Gasteiger partial charge in [-0.2, -0.15) is 0 Å². The number of rotatable bonds is 5. The monoisotopic (exact) mass is 255 g/mol. The van der Waals surface area contributed by atoms with E-state index in [0.717, 1.165) is 0 Å². The van der Waals surface area contributed by atoms with Gasteiger partial charge < -0.3 is 34.8 Å². The van der Waals surface area contributed by atoms with Gasteiger partial charge in [0.15, 0.2) is 0 Å². The molecule has 0 aliphatic rings. The van der Waals surface area contributed by atoms with Crippen LogP contribution in [0.2, 0.25) is 0 Å². The smallest absolute Gasteiger partial charge is 0.550 e. The van der Waals surface area contributed by atoms with E-state index < -0.39 is 36.4 Å². The molecule has 8 heteroatoms. The maximum absolute atomic E-state index is 10.1. The van der Waals surface area contributed by atoms with E-state index in [4.69, 9.17) is 5.11 Å². The van der Waals surface area contributed by atoms with Crippen molar-refractivity contribution >= 4 is 37.7 Å². The van der Waals surface area contributed by atoms with Crippen molar-refractivity contribution in [3.63, 3.8) is 0 Å². The van der Waals surface area contributed by atoms with Gasteiger partial charge in [-0.05, 0) is 0 Å². The number of hydrogen-bond acceptors (Lipinski definition) is 7. The molecular formula is C6H5GaO7. The molecule has 0 atom stereocenters. The summed E-state index contributed by atoms with van der Waals surface area (Å²) in [6.45, 7) is 0. The Hall–Kier alpha value is -0.994. The summed E-state index contributed by atoms with van der Waals surface area (Å²) in [6.07, 6.45) is -2.72. The first kappa shape index (κ1) is 15.5. The summed E-state index contributed by atoms with van der Waals surface area (Å²) in [5, 5.41) is 38.9. The Morgan fingerprint density at radius 3 is 1.43 bits per heavy atom. The van der Waals surface area contributed by atoms with Gasteiger partial charge in [0.2, 0.25) is 0 Å². The number of carbonyl (C=O) groups excluding carboxylic acids is 3. The van der Waals surface area contributed by atoms with Crippen LogP contribution in [-0.4, -0.2) is 48.4 Å². The Morgan fingerprint density at radius 2 is 1.29 bits per heavy atom. The quantitative estimate of drug-likeness (QED) is 0.482. The van der Waals surface area contributed by atoms with E-state index >= 15 is 0 Å². The minimum atomic E-state index is -2.97. The molecule has 14 heavy (non-hydrogen) atoms. The maximum Gasteiger partial charge on any atom is 3.00 e. The van der Waals surface area contributed by atoms with Gasteiger partial charge in [0.05, 0.1) is 5.97 Å². The first-order valence-corrected chi connectivity index (χ1v) is 3.11. The Kier molecular flexibility index (Phi) is 6.28. The van der Waals surface area contributed by atoms with Crippen LogP contribution in [0.25, 0.3) is 0 Å². The molecule has 74 valence electrons. The minimum Gasteiger partial charge on any atom is -0.550 e. The Labute approximate surface area is 91.4 Å². The third kappa shape index (κ3) is 4.89. The van der Waals surface area contributed by atoms with Crippen LogP contribution in [0.3, 0.4) is 0 Å². The summed E-state index contributed by atoms with van der Waals surface area (Å²) in [5.74, 6) is -5.98. The average molecular weight is 255 g/mol. The summed E-state index contributed by atoms with van der Waals surface area (Å²) in [6, 6.07) is 0. The van der Waals surface area contributed by atoms with Gasteiger partial charge in [0.25, 0.3) is 0 Å². The fraction of sp³-hybridized carbons (Fsp3) is 0.500. The molecule has 0 saturated heterocycles. The molecule has 1 N–H and O–H groups in total. The Morgan fingerprint density at radius 1 is 1.00 bits per heavy atom. The number of hydrogen-bond donors (Lipinski definition) is 1. The molecule has 0 radical (unpaired) electrons. The van der Waals surface area contributed by atoms with Crippen LogP contribution >= 0.6 is 0 Å². The van der Waals surface area contributed by atoms with Crippen LogP contribution < -0.4 is 15.3 Å². The minimum absolute atomic E-state index is 0. The van der Waals surface area contributed by atoms with Gasteiger partial charge in [-0.3, -0.25) is 0 Å². The zero-order valence-electron chi connectivity index (χ0n) is 6.89. The predicted molar refractivity (Wildman–Crippen MR) is 35.0 cm³/mol. The molecule has 0 aromatic rings. The van der Waals surface area contributed by atoms with Crippen LogP contribution in [0, 0.1) is 0 Å². The largest absolute Gasteiger partial charge is 3.00 e. The number of carboxylic acid groups (broad SMARTS) is 3. The van der Waals surface area contributed by atoms with Gasteiger partial charge >= 0.3 is 19.8 Å². The molecule has 0 aromatic heterocycles. The topological polar surface area (TPSA) is 141 Å². The van der Waals surface area contributed by atoms with E-state index in [1.165, 1.54) is 0 Å². The zero-order valence-corrected chi connectivity index (χ0v) is 9.31. The van der Waals surface area contributed by atoms with E-state index in [2.05, 4.69) is 0 Å². The first-order valence-electron chi connectivity index (χ1n) is 3.11. The van der Waals surface area contributed by atoms with E-state index in [1.807, 2.05) is 0 Å². The van der Waals surface area contributed by atoms with Crippen molar-refractivity contribution in [1.29, 1.82) is 0 Å². The molecule has 0 spiro atoms. The fourth-order valence-corrected chi connectivity index (χ4v) is 0.684. The molecule has 0 heterocycles. The molecule has 0 unspecified atom stereocenters. The molecule has 0 aliphatic heterocycles. The molecule has 0 amide bonds. The summed E-state index contributed by atoms with van der Waals surface area (Å²) in [5.41, 5.74) is -2.97. The SMILES string of the molecule is O=C([O-])CC(O)(CC(=O)[O-])C(=O)[O-].[66Ga+3]. The van der Waals surface area contributed by atoms with E-state index in [0.29, 0.717) is 0 Å². The molecule has 0 aromatic carbocycles. The van der Waals surface area contributed by atoms with Crippen molar-refractivity contribution in [3.8, 4) is 0 Å². The molecule has 0 saturated carbocycles. The van der Waals surface area contributed by atoms with Crippen molar-refractivity contribution in [2.24, 2.45) is 0 Å². The van der Waals surface area contributed by atoms with Crippen molar-refractivity contribution in [2.45, 2.75) is 18.4 Å². The van der Waals surface area contributed by atoms with Crippen molar-refractivity contribution < 1.29 is 34.8 Å². The van der Waals surface area contributed by atoms with Crippen molar-refractivity contribution in [3.05, 3.63) is 0 Å². The van der Waals surface area contributed by atoms with Crippen molar-refractivity contribution in [1.82, 2.24) is 0 Å². The second kappa shape index (κ2) is 5.68. The number of carboxylic acids is 3. The van der Waals surface area contributed by atoms with Gasteiger partial charge in [-0.25, -0.2) is 0 Å². The number of aliphatic carboxylic acids is 3. The fourth-order valence-electron chi connectivity index (χ4n) is 0.684. The van der Waals surface area contributed by atoms with Gasteiger partial charge in [-0.1, -0.05) is 0 Å². The third-order valence-electron chi connectivity index (χ3n) is 1.25. The molecule has 0 aliphatic carbocycles. The summed E-state index contributed by atoms with van der Waals surface area (Å²) in [7, 11) is 0. The Balaban J connectivity index is 0. The maximum atomic E-state index is 10.1. The molecule has 7 nitrogen and oxygen atoms in total. The predicted octanol–water partition coefficient (Wildman–Crippen LogP) is -5.63. The zero-order chi connectivity index (χ0) is 10.6. The molecule has 0 fully saturated rings. The second-order valence-electron chi connectivity index (χ2n) is 2.42. The standard InChI is InChI=1S/C6H8O7.Ga/c7-3(8)1-6(13,5(11)12)2-4(9)10;/h13H,1-2H2,(H,7,8)(H,9,10)(H,11,12);/q;+3/p-3/i;1-4. The van der Waals surface area contributed by atoms with E-state index in [-0.39, 0.29) is 19.8 Å². The van der Waals surface area contributed by atoms with Gasteiger partial charge in [0, 0.05) is 24.8 Å². The first-order chi connectivity index (χ1) is 5.78. The van der Waals surface area contributed by atoms with Gasteiger partial charge in [0.1, 0.15) is 5.60 Å². The van der Waals surface area contributed by atoms with Crippen molar-refractivity contribution in [2.75, 3.05) is 0 Å². The van der Waals surface area contributed by atoms with Crippen LogP contribution in [0.15, 0.2) is 0 Å². The average Bonchev–Trinajstić information content (AvgIpc) is 1.82. The van der Waals surface area contributed by atoms with Crippen LogP contribution in [-0.2, 0) is 14.4 Å². The van der Waals surface area contributed by atoms with E-state index in [9.17, 15) is 29.7 Å². The summed E-state index contributed by atoms with van der Waals surface area (Å²) >= 11 is 0. The molecular weight excluding hydrogens is 250 g/mol. The van der Waals surface area contributed by atoms with Crippen LogP contribution in [0.4, 0.5) is 0 Å².